The van der Waals surface area contributed by atoms with Crippen LogP contribution in [0.4, 0.5) is 0 Å². The van der Waals surface area contributed by atoms with E-state index in [-0.39, 0.29) is 57.5 Å². The van der Waals surface area contributed by atoms with Crippen molar-refractivity contribution in [3.8, 4) is 0 Å². The maximum atomic E-state index is 13.4. The molecule has 5 rings (SSSR count). The van der Waals surface area contributed by atoms with Crippen LogP contribution in [-0.4, -0.2) is 36.6 Å². The number of carbonyl (C=O) groups is 2. The van der Waals surface area contributed by atoms with E-state index in [1.807, 2.05) is 0 Å². The van der Waals surface area contributed by atoms with Crippen LogP contribution >= 0.6 is 0 Å². The monoisotopic (exact) mass is 541 g/mol. The number of allylic oxidation sites excluding steroid dienone is 2. The van der Waals surface area contributed by atoms with Gasteiger partial charge in [-0.15, -0.1) is 0 Å². The number of ether oxygens (including phenoxy) is 2. The summed E-state index contributed by atoms with van der Waals surface area (Å²) in [5.74, 6) is 0.692. The van der Waals surface area contributed by atoms with Crippen molar-refractivity contribution in [2.24, 2.45) is 55.4 Å². The minimum Gasteiger partial charge on any atom is -0.469 e. The molecule has 6 nitrogen and oxygen atoms in total. The number of methoxy groups -OCH3 is 1. The van der Waals surface area contributed by atoms with E-state index in [1.165, 1.54) is 12.5 Å². The van der Waals surface area contributed by atoms with Gasteiger partial charge in [-0.2, -0.15) is 0 Å². The van der Waals surface area contributed by atoms with Crippen LogP contribution in [0.15, 0.2) is 16.8 Å². The molecule has 8 atom stereocenters. The molecule has 1 N–H and O–H groups in total. The van der Waals surface area contributed by atoms with Crippen molar-refractivity contribution >= 4 is 17.7 Å². The predicted molar refractivity (Wildman–Crippen MR) is 151 cm³/mol. The summed E-state index contributed by atoms with van der Waals surface area (Å²) in [7, 11) is 1.57. The standard InChI is InChI=1S/C33H51NO5/c1-21(35)39-20-30(5)24-11-14-32(7)25(29(24,4)13-12-26(30)34-37)10-9-22-23-19-28(2,3)15-17-33(23,27(36)38-8)18-16-31(22,32)6/h9,23-25,37H,10-20H2,1-8H3/b34-26+/t23-,24+,25+,29-,30-,31+,32+,33-/m0/s1. The molecule has 0 radical (unpaired) electrons. The summed E-state index contributed by atoms with van der Waals surface area (Å²) >= 11 is 0. The molecule has 0 bridgehead atoms. The molecule has 4 fully saturated rings. The smallest absolute Gasteiger partial charge is 0.312 e. The summed E-state index contributed by atoms with van der Waals surface area (Å²) < 4.78 is 11.1. The lowest BCUT2D eigenvalue weighted by Gasteiger charge is -2.70. The number of carbonyl (C=O) groups excluding carboxylic acids is 2. The molecular weight excluding hydrogens is 490 g/mol. The fourth-order valence-corrected chi connectivity index (χ4v) is 11.0. The van der Waals surface area contributed by atoms with Gasteiger partial charge in [0, 0.05) is 12.3 Å². The lowest BCUT2D eigenvalue weighted by atomic mass is 9.33. The van der Waals surface area contributed by atoms with E-state index in [0.29, 0.717) is 5.92 Å². The van der Waals surface area contributed by atoms with Crippen LogP contribution < -0.4 is 0 Å². The van der Waals surface area contributed by atoms with Gasteiger partial charge in [0.15, 0.2) is 0 Å². The van der Waals surface area contributed by atoms with E-state index in [9.17, 15) is 14.8 Å². The van der Waals surface area contributed by atoms with Crippen molar-refractivity contribution in [1.82, 2.24) is 0 Å². The molecule has 6 heteroatoms. The first-order chi connectivity index (χ1) is 18.1. The van der Waals surface area contributed by atoms with Crippen LogP contribution in [0.5, 0.6) is 0 Å². The van der Waals surface area contributed by atoms with Gasteiger partial charge < -0.3 is 14.7 Å². The first-order valence-corrected chi connectivity index (χ1v) is 15.3. The van der Waals surface area contributed by atoms with Gasteiger partial charge in [0.2, 0.25) is 0 Å². The Balaban J connectivity index is 1.57. The zero-order valence-corrected chi connectivity index (χ0v) is 25.6. The second kappa shape index (κ2) is 9.08. The van der Waals surface area contributed by atoms with E-state index in [4.69, 9.17) is 9.47 Å². The van der Waals surface area contributed by atoms with Crippen molar-refractivity contribution in [3.63, 3.8) is 0 Å². The average Bonchev–Trinajstić information content (AvgIpc) is 2.87. The average molecular weight is 542 g/mol. The molecule has 0 aromatic rings. The number of rotatable bonds is 3. The Hall–Kier alpha value is -1.85. The summed E-state index contributed by atoms with van der Waals surface area (Å²) in [6.45, 7) is 16.1. The number of hydrogen-bond acceptors (Lipinski definition) is 6. The molecule has 4 saturated carbocycles. The van der Waals surface area contributed by atoms with Crippen LogP contribution in [0.3, 0.4) is 0 Å². The molecule has 0 amide bonds. The van der Waals surface area contributed by atoms with Crippen molar-refractivity contribution in [3.05, 3.63) is 11.6 Å². The highest BCUT2D eigenvalue weighted by molar-refractivity contribution is 5.91. The van der Waals surface area contributed by atoms with Crippen molar-refractivity contribution < 1.29 is 24.3 Å². The SMILES string of the molecule is COC(=O)[C@]12CCC(C)(C)C[C@H]1C1=CC[C@@H]3[C@@]4(C)CC/C(=N\O)[C@@](C)(COC(C)=O)[C@@H]4CC[C@@]3(C)[C@]1(C)CC2. The highest BCUT2D eigenvalue weighted by Gasteiger charge is 2.69. The van der Waals surface area contributed by atoms with Crippen molar-refractivity contribution in [2.45, 2.75) is 113 Å². The Morgan fingerprint density at radius 1 is 1.00 bits per heavy atom. The van der Waals surface area contributed by atoms with Crippen molar-refractivity contribution in [1.29, 1.82) is 0 Å². The summed E-state index contributed by atoms with van der Waals surface area (Å²) in [5.41, 5.74) is 1.81. The van der Waals surface area contributed by atoms with E-state index < -0.39 is 5.41 Å². The molecule has 218 valence electrons. The van der Waals surface area contributed by atoms with Gasteiger partial charge in [0.05, 0.1) is 18.2 Å². The second-order valence-corrected chi connectivity index (χ2v) is 15.6. The lowest BCUT2D eigenvalue weighted by molar-refractivity contribution is -0.184. The molecule has 0 saturated heterocycles. The molecule has 0 aliphatic heterocycles. The minimum absolute atomic E-state index is 0.00163. The summed E-state index contributed by atoms with van der Waals surface area (Å²) in [6, 6.07) is 0. The Labute approximate surface area is 235 Å². The maximum Gasteiger partial charge on any atom is 0.312 e. The van der Waals surface area contributed by atoms with Crippen LogP contribution in [-0.2, 0) is 19.1 Å². The van der Waals surface area contributed by atoms with Crippen LogP contribution in [0.25, 0.3) is 0 Å². The fourth-order valence-electron chi connectivity index (χ4n) is 11.0. The zero-order chi connectivity index (χ0) is 28.6. The van der Waals surface area contributed by atoms with E-state index in [1.54, 1.807) is 7.11 Å². The molecule has 0 aromatic heterocycles. The first kappa shape index (κ1) is 28.7. The molecular formula is C33H51NO5. The normalized spacial score (nSPS) is 47.5. The quantitative estimate of drug-likeness (QED) is 0.175. The fraction of sp³-hybridized carbons (Fsp3) is 0.848. The van der Waals surface area contributed by atoms with Gasteiger partial charge >= 0.3 is 11.9 Å². The molecule has 0 heterocycles. The molecule has 5 aliphatic carbocycles. The van der Waals surface area contributed by atoms with Crippen LogP contribution in [0, 0.1) is 50.2 Å². The number of hydrogen-bond donors (Lipinski definition) is 1. The predicted octanol–water partition coefficient (Wildman–Crippen LogP) is 7.33. The first-order valence-electron chi connectivity index (χ1n) is 15.3. The van der Waals surface area contributed by atoms with Gasteiger partial charge in [0.1, 0.15) is 6.61 Å². The van der Waals surface area contributed by atoms with Crippen LogP contribution in [0.2, 0.25) is 0 Å². The van der Waals surface area contributed by atoms with Gasteiger partial charge in [-0.1, -0.05) is 58.3 Å². The Kier molecular flexibility index (Phi) is 6.67. The largest absolute Gasteiger partial charge is 0.469 e. The Morgan fingerprint density at radius 3 is 2.33 bits per heavy atom. The zero-order valence-electron chi connectivity index (χ0n) is 25.6. The highest BCUT2D eigenvalue weighted by atomic mass is 16.5. The molecule has 39 heavy (non-hydrogen) atoms. The summed E-state index contributed by atoms with van der Waals surface area (Å²) in [6.07, 6.45) is 12.3. The van der Waals surface area contributed by atoms with Gasteiger partial charge in [-0.05, 0) is 104 Å². The van der Waals surface area contributed by atoms with Gasteiger partial charge in [0.25, 0.3) is 0 Å². The highest BCUT2D eigenvalue weighted by Crippen LogP contribution is 2.75. The Morgan fingerprint density at radius 2 is 1.69 bits per heavy atom. The third kappa shape index (κ3) is 3.81. The maximum absolute atomic E-state index is 13.4. The number of esters is 2. The molecule has 0 aromatic carbocycles. The summed E-state index contributed by atoms with van der Waals surface area (Å²) in [4.78, 5) is 25.3. The number of oxime groups is 1. The van der Waals surface area contributed by atoms with Gasteiger partial charge in [-0.25, -0.2) is 0 Å². The van der Waals surface area contributed by atoms with E-state index >= 15 is 0 Å². The lowest BCUT2D eigenvalue weighted by Crippen LogP contribution is -2.65. The third-order valence-electron chi connectivity index (χ3n) is 13.5. The van der Waals surface area contributed by atoms with Crippen LogP contribution in [0.1, 0.15) is 113 Å². The topological polar surface area (TPSA) is 85.2 Å². The van der Waals surface area contributed by atoms with Crippen molar-refractivity contribution in [2.75, 3.05) is 13.7 Å². The van der Waals surface area contributed by atoms with E-state index in [0.717, 1.165) is 69.9 Å². The Bertz CT molecular complexity index is 1110. The van der Waals surface area contributed by atoms with Gasteiger partial charge in [-0.3, -0.25) is 9.59 Å². The number of nitrogens with zero attached hydrogens (tertiary/aromatic N) is 1. The molecule has 5 aliphatic rings. The van der Waals surface area contributed by atoms with E-state index in [2.05, 4.69) is 52.8 Å². The third-order valence-corrected chi connectivity index (χ3v) is 13.5. The summed E-state index contributed by atoms with van der Waals surface area (Å²) in [5, 5.41) is 13.7. The minimum atomic E-state index is -0.473. The number of fused-ring (bicyclic) bond motifs is 7. The molecule has 0 unspecified atom stereocenters. The molecule has 0 spiro atoms. The second-order valence-electron chi connectivity index (χ2n) is 15.6.